The first-order valence-electron chi connectivity index (χ1n) is 5.29. The van der Waals surface area contributed by atoms with Crippen molar-refractivity contribution in [1.82, 2.24) is 4.98 Å². The van der Waals surface area contributed by atoms with Crippen LogP contribution in [0.1, 0.15) is 42.9 Å². The Morgan fingerprint density at radius 3 is 2.80 bits per heavy atom. The third-order valence-corrected chi connectivity index (χ3v) is 3.00. The van der Waals surface area contributed by atoms with Crippen molar-refractivity contribution in [2.45, 2.75) is 31.6 Å². The number of hydrogen-bond acceptors (Lipinski definition) is 3. The van der Waals surface area contributed by atoms with Gasteiger partial charge in [-0.25, -0.2) is 0 Å². The average Bonchev–Trinajstić information content (AvgIpc) is 2.81. The number of ether oxygens (including phenoxy) is 1. The third-order valence-electron chi connectivity index (χ3n) is 3.00. The molecule has 3 heteroatoms. The summed E-state index contributed by atoms with van der Waals surface area (Å²) < 4.78 is 5.07. The Hall–Kier alpha value is -1.56. The van der Waals surface area contributed by atoms with Gasteiger partial charge in [-0.05, 0) is 18.9 Å². The molecule has 0 saturated heterocycles. The minimum Gasteiger partial charge on any atom is -0.494 e. The van der Waals surface area contributed by atoms with Crippen LogP contribution in [0.2, 0.25) is 0 Å². The molecule has 78 valence electrons. The van der Waals surface area contributed by atoms with Gasteiger partial charge in [-0.3, -0.25) is 4.98 Å². The van der Waals surface area contributed by atoms with Crippen LogP contribution >= 0.6 is 0 Å². The first-order chi connectivity index (χ1) is 7.35. The van der Waals surface area contributed by atoms with Crippen LogP contribution in [-0.4, -0.2) is 12.1 Å². The highest BCUT2D eigenvalue weighted by molar-refractivity contribution is 5.42. The Balaban J connectivity index is 2.30. The van der Waals surface area contributed by atoms with Gasteiger partial charge in [-0.2, -0.15) is 5.26 Å². The molecule has 0 atom stereocenters. The lowest BCUT2D eigenvalue weighted by Gasteiger charge is -2.09. The molecule has 0 amide bonds. The lowest BCUT2D eigenvalue weighted by molar-refractivity contribution is 0.411. The molecule has 0 aromatic carbocycles. The predicted octanol–water partition coefficient (Wildman–Crippen LogP) is 2.62. The maximum absolute atomic E-state index is 8.96. The summed E-state index contributed by atoms with van der Waals surface area (Å²) >= 11 is 0. The van der Waals surface area contributed by atoms with Crippen molar-refractivity contribution in [3.8, 4) is 11.8 Å². The third kappa shape index (κ3) is 1.94. The van der Waals surface area contributed by atoms with Crippen molar-refractivity contribution in [2.75, 3.05) is 7.11 Å². The summed E-state index contributed by atoms with van der Waals surface area (Å²) in [4.78, 5) is 4.36. The lowest BCUT2D eigenvalue weighted by atomic mass is 10.0. The quantitative estimate of drug-likeness (QED) is 0.740. The van der Waals surface area contributed by atoms with Crippen molar-refractivity contribution in [3.05, 3.63) is 23.5 Å². The topological polar surface area (TPSA) is 45.9 Å². The molecule has 0 aliphatic heterocycles. The lowest BCUT2D eigenvalue weighted by Crippen LogP contribution is -1.98. The van der Waals surface area contributed by atoms with Crippen LogP contribution < -0.4 is 4.74 Å². The second kappa shape index (κ2) is 4.31. The smallest absolute Gasteiger partial charge is 0.154 e. The van der Waals surface area contributed by atoms with Gasteiger partial charge in [0, 0.05) is 11.6 Å². The fraction of sp³-hybridized carbons (Fsp3) is 0.500. The molecule has 15 heavy (non-hydrogen) atoms. The Kier molecular flexibility index (Phi) is 2.86. The largest absolute Gasteiger partial charge is 0.494 e. The minimum atomic E-state index is 0.544. The Labute approximate surface area is 89.7 Å². The van der Waals surface area contributed by atoms with Crippen LogP contribution in [0, 0.1) is 11.3 Å². The average molecular weight is 202 g/mol. The summed E-state index contributed by atoms with van der Waals surface area (Å²) in [7, 11) is 1.56. The van der Waals surface area contributed by atoms with Crippen LogP contribution in [0.15, 0.2) is 12.3 Å². The predicted molar refractivity (Wildman–Crippen MR) is 56.7 cm³/mol. The highest BCUT2D eigenvalue weighted by atomic mass is 16.5. The first-order valence-corrected chi connectivity index (χ1v) is 5.29. The van der Waals surface area contributed by atoms with Crippen LogP contribution in [0.3, 0.4) is 0 Å². The highest BCUT2D eigenvalue weighted by Crippen LogP contribution is 2.34. The first kappa shape index (κ1) is 9.97. The van der Waals surface area contributed by atoms with E-state index in [1.165, 1.54) is 25.7 Å². The fourth-order valence-electron chi connectivity index (χ4n) is 2.15. The number of rotatable bonds is 2. The van der Waals surface area contributed by atoms with Crippen molar-refractivity contribution in [1.29, 1.82) is 5.26 Å². The van der Waals surface area contributed by atoms with E-state index < -0.39 is 0 Å². The zero-order valence-corrected chi connectivity index (χ0v) is 8.86. The molecule has 1 aliphatic rings. The molecule has 1 heterocycles. The van der Waals surface area contributed by atoms with E-state index >= 15 is 0 Å². The zero-order chi connectivity index (χ0) is 10.7. The number of aromatic nitrogens is 1. The normalized spacial score (nSPS) is 16.3. The van der Waals surface area contributed by atoms with Gasteiger partial charge >= 0.3 is 0 Å². The highest BCUT2D eigenvalue weighted by Gasteiger charge is 2.19. The van der Waals surface area contributed by atoms with Gasteiger partial charge in [0.2, 0.25) is 0 Å². The minimum absolute atomic E-state index is 0.544. The van der Waals surface area contributed by atoms with Gasteiger partial charge in [0.25, 0.3) is 0 Å². The number of nitriles is 1. The Bertz CT molecular complexity index is 389. The van der Waals surface area contributed by atoms with Crippen LogP contribution in [-0.2, 0) is 0 Å². The van der Waals surface area contributed by atoms with Crippen LogP contribution in [0.5, 0.6) is 5.75 Å². The van der Waals surface area contributed by atoms with E-state index in [2.05, 4.69) is 11.1 Å². The summed E-state index contributed by atoms with van der Waals surface area (Å²) in [6, 6.07) is 4.02. The second-order valence-electron chi connectivity index (χ2n) is 3.90. The van der Waals surface area contributed by atoms with E-state index in [1.807, 2.05) is 6.07 Å². The van der Waals surface area contributed by atoms with Gasteiger partial charge in [-0.1, -0.05) is 12.8 Å². The molecule has 2 rings (SSSR count). The summed E-state index contributed by atoms with van der Waals surface area (Å²) in [6.07, 6.45) is 6.61. The fourth-order valence-corrected chi connectivity index (χ4v) is 2.15. The molecule has 0 spiro atoms. The SMILES string of the molecule is COc1cnc(C2CCCC2)cc1C#N. The summed E-state index contributed by atoms with van der Waals surface area (Å²) in [5, 5.41) is 8.96. The van der Waals surface area contributed by atoms with Crippen molar-refractivity contribution in [2.24, 2.45) is 0 Å². The van der Waals surface area contributed by atoms with Crippen LogP contribution in [0.25, 0.3) is 0 Å². The standard InChI is InChI=1S/C12H14N2O/c1-15-12-8-14-11(6-10(12)7-13)9-4-2-3-5-9/h6,8-9H,2-5H2,1H3. The molecule has 1 aromatic rings. The number of methoxy groups -OCH3 is 1. The van der Waals surface area contributed by atoms with E-state index in [4.69, 9.17) is 10.00 Å². The van der Waals surface area contributed by atoms with Crippen molar-refractivity contribution in [3.63, 3.8) is 0 Å². The Morgan fingerprint density at radius 1 is 1.47 bits per heavy atom. The molecule has 1 aromatic heterocycles. The Morgan fingerprint density at radius 2 is 2.20 bits per heavy atom. The van der Waals surface area contributed by atoms with Crippen molar-refractivity contribution < 1.29 is 4.74 Å². The molecule has 1 saturated carbocycles. The van der Waals surface area contributed by atoms with Gasteiger partial charge in [0.05, 0.1) is 18.9 Å². The summed E-state index contributed by atoms with van der Waals surface area (Å²) in [5.41, 5.74) is 1.64. The zero-order valence-electron chi connectivity index (χ0n) is 8.86. The maximum Gasteiger partial charge on any atom is 0.154 e. The number of hydrogen-bond donors (Lipinski definition) is 0. The van der Waals surface area contributed by atoms with E-state index in [0.29, 0.717) is 17.2 Å². The number of nitrogens with zero attached hydrogens (tertiary/aromatic N) is 2. The molecule has 1 fully saturated rings. The molecular formula is C12H14N2O. The van der Waals surface area contributed by atoms with E-state index in [-0.39, 0.29) is 0 Å². The van der Waals surface area contributed by atoms with E-state index in [0.717, 1.165) is 5.69 Å². The molecule has 0 bridgehead atoms. The van der Waals surface area contributed by atoms with Crippen LogP contribution in [0.4, 0.5) is 0 Å². The molecule has 3 nitrogen and oxygen atoms in total. The maximum atomic E-state index is 8.96. The number of pyridine rings is 1. The van der Waals surface area contributed by atoms with Gasteiger partial charge in [0.15, 0.2) is 5.75 Å². The summed E-state index contributed by atoms with van der Waals surface area (Å²) in [6.45, 7) is 0. The van der Waals surface area contributed by atoms with Crippen molar-refractivity contribution >= 4 is 0 Å². The molecule has 0 unspecified atom stereocenters. The second-order valence-corrected chi connectivity index (χ2v) is 3.90. The van der Waals surface area contributed by atoms with E-state index in [9.17, 15) is 0 Å². The molecule has 1 aliphatic carbocycles. The van der Waals surface area contributed by atoms with Gasteiger partial charge in [0.1, 0.15) is 6.07 Å². The van der Waals surface area contributed by atoms with Gasteiger partial charge in [-0.15, -0.1) is 0 Å². The monoisotopic (exact) mass is 202 g/mol. The van der Waals surface area contributed by atoms with Gasteiger partial charge < -0.3 is 4.74 Å². The molecular weight excluding hydrogens is 188 g/mol. The van der Waals surface area contributed by atoms with E-state index in [1.54, 1.807) is 13.3 Å². The molecule has 0 radical (unpaired) electrons. The molecule has 0 N–H and O–H groups in total. The summed E-state index contributed by atoms with van der Waals surface area (Å²) in [5.74, 6) is 1.11.